The summed E-state index contributed by atoms with van der Waals surface area (Å²) in [5.74, 6) is 0.257. The van der Waals surface area contributed by atoms with Crippen LogP contribution in [-0.4, -0.2) is 46.2 Å². The highest BCUT2D eigenvalue weighted by Gasteiger charge is 2.28. The Labute approximate surface area is 201 Å². The second-order valence-electron chi connectivity index (χ2n) is 7.00. The Bertz CT molecular complexity index is 1340. The summed E-state index contributed by atoms with van der Waals surface area (Å²) < 4.78 is 37.8. The number of nitro groups is 1. The van der Waals surface area contributed by atoms with E-state index >= 15 is 0 Å². The molecule has 1 N–H and O–H groups in total. The number of rotatable bonds is 10. The number of nitrogens with one attached hydrogen (secondary N) is 1. The molecule has 1 amide bonds. The largest absolute Gasteiger partial charge is 0.497 e. The van der Waals surface area contributed by atoms with Gasteiger partial charge in [0.1, 0.15) is 18.0 Å². The lowest BCUT2D eigenvalue weighted by atomic mass is 10.2. The van der Waals surface area contributed by atoms with Gasteiger partial charge in [-0.3, -0.25) is 19.2 Å². The monoisotopic (exact) mass is 498 g/mol. The van der Waals surface area contributed by atoms with Crippen LogP contribution in [0.25, 0.3) is 0 Å². The Balaban J connectivity index is 1.88. The molecule has 0 spiro atoms. The van der Waals surface area contributed by atoms with Gasteiger partial charge in [0.2, 0.25) is 0 Å². The number of ether oxygens (including phenoxy) is 2. The predicted molar refractivity (Wildman–Crippen MR) is 129 cm³/mol. The van der Waals surface area contributed by atoms with E-state index in [2.05, 4.69) is 10.5 Å². The van der Waals surface area contributed by atoms with Crippen molar-refractivity contribution in [2.24, 2.45) is 5.10 Å². The summed E-state index contributed by atoms with van der Waals surface area (Å²) >= 11 is 0. The van der Waals surface area contributed by atoms with E-state index in [-0.39, 0.29) is 16.3 Å². The lowest BCUT2D eigenvalue weighted by molar-refractivity contribution is -0.384. The molecule has 0 aromatic heterocycles. The number of carbonyl (C=O) groups excluding carboxylic acids is 1. The van der Waals surface area contributed by atoms with Crippen LogP contribution in [0.2, 0.25) is 0 Å². The molecule has 0 heterocycles. The zero-order chi connectivity index (χ0) is 25.4. The molecule has 182 valence electrons. The van der Waals surface area contributed by atoms with Gasteiger partial charge in [-0.15, -0.1) is 0 Å². The summed E-state index contributed by atoms with van der Waals surface area (Å²) in [6.45, 7) is -0.676. The van der Waals surface area contributed by atoms with Crippen LogP contribution in [0.15, 0.2) is 82.8 Å². The molecule has 0 aliphatic heterocycles. The third-order valence-corrected chi connectivity index (χ3v) is 6.56. The molecule has 0 aliphatic rings. The van der Waals surface area contributed by atoms with E-state index in [1.54, 1.807) is 24.3 Å². The average Bonchev–Trinajstić information content (AvgIpc) is 2.87. The first-order valence-electron chi connectivity index (χ1n) is 10.1. The number of nitro benzene ring substituents is 1. The number of amides is 1. The van der Waals surface area contributed by atoms with Crippen LogP contribution in [0.5, 0.6) is 11.5 Å². The smallest absolute Gasteiger partial charge is 0.271 e. The normalized spacial score (nSPS) is 11.1. The van der Waals surface area contributed by atoms with Gasteiger partial charge in [-0.25, -0.2) is 13.8 Å². The summed E-state index contributed by atoms with van der Waals surface area (Å²) in [6.07, 6.45) is 1.32. The van der Waals surface area contributed by atoms with E-state index in [4.69, 9.17) is 9.47 Å². The Morgan fingerprint density at radius 2 is 1.80 bits per heavy atom. The highest BCUT2D eigenvalue weighted by Crippen LogP contribution is 2.27. The fraction of sp³-hybridized carbons (Fsp3) is 0.130. The van der Waals surface area contributed by atoms with Crippen LogP contribution in [0.3, 0.4) is 0 Å². The van der Waals surface area contributed by atoms with Crippen molar-refractivity contribution < 1.29 is 27.6 Å². The van der Waals surface area contributed by atoms with Gasteiger partial charge in [0.15, 0.2) is 0 Å². The number of nitrogens with zero attached hydrogens (tertiary/aromatic N) is 3. The summed E-state index contributed by atoms with van der Waals surface area (Å²) in [5, 5.41) is 15.1. The number of hydrogen-bond donors (Lipinski definition) is 1. The number of carbonyl (C=O) groups is 1. The minimum atomic E-state index is -4.23. The molecule has 3 aromatic carbocycles. The number of methoxy groups -OCH3 is 2. The molecule has 0 saturated carbocycles. The van der Waals surface area contributed by atoms with Gasteiger partial charge >= 0.3 is 0 Å². The van der Waals surface area contributed by atoms with Crippen molar-refractivity contribution in [3.05, 3.63) is 88.5 Å². The van der Waals surface area contributed by atoms with Gasteiger partial charge in [0, 0.05) is 17.7 Å². The van der Waals surface area contributed by atoms with Crippen molar-refractivity contribution in [1.29, 1.82) is 0 Å². The zero-order valence-corrected chi connectivity index (χ0v) is 19.6. The molecular formula is C23H22N4O7S. The predicted octanol–water partition coefficient (Wildman–Crippen LogP) is 2.96. The first-order valence-corrected chi connectivity index (χ1v) is 11.6. The van der Waals surface area contributed by atoms with Gasteiger partial charge in [0.25, 0.3) is 21.6 Å². The second kappa shape index (κ2) is 11.1. The molecule has 3 rings (SSSR count). The van der Waals surface area contributed by atoms with Crippen LogP contribution in [0, 0.1) is 10.1 Å². The van der Waals surface area contributed by atoms with Crippen molar-refractivity contribution >= 4 is 33.5 Å². The lowest BCUT2D eigenvalue weighted by Crippen LogP contribution is -2.39. The molecule has 0 saturated heterocycles. The minimum absolute atomic E-state index is 0.0448. The van der Waals surface area contributed by atoms with Crippen LogP contribution < -0.4 is 19.2 Å². The van der Waals surface area contributed by atoms with E-state index in [1.165, 1.54) is 62.9 Å². The number of sulfonamides is 1. The highest BCUT2D eigenvalue weighted by molar-refractivity contribution is 7.92. The third kappa shape index (κ3) is 6.12. The molecule has 0 aliphatic carbocycles. The van der Waals surface area contributed by atoms with Gasteiger partial charge in [-0.05, 0) is 36.4 Å². The van der Waals surface area contributed by atoms with Crippen molar-refractivity contribution in [2.75, 3.05) is 25.1 Å². The summed E-state index contributed by atoms with van der Waals surface area (Å²) in [4.78, 5) is 23.2. The first kappa shape index (κ1) is 25.2. The quantitative estimate of drug-likeness (QED) is 0.257. The third-order valence-electron chi connectivity index (χ3n) is 4.78. The van der Waals surface area contributed by atoms with E-state index in [9.17, 15) is 23.3 Å². The zero-order valence-electron chi connectivity index (χ0n) is 18.8. The molecule has 12 heteroatoms. The van der Waals surface area contributed by atoms with Crippen LogP contribution in [0.1, 0.15) is 5.56 Å². The molecule has 0 fully saturated rings. The lowest BCUT2D eigenvalue weighted by Gasteiger charge is -2.23. The SMILES string of the molecule is COc1ccc(OC)c(/C=N\NC(=O)CN(c2cccc([N+](=O)[O-])c2)S(=O)(=O)c2ccccc2)c1. The van der Waals surface area contributed by atoms with Crippen LogP contribution in [0.4, 0.5) is 11.4 Å². The fourth-order valence-corrected chi connectivity index (χ4v) is 4.51. The summed E-state index contributed by atoms with van der Waals surface area (Å²) in [7, 11) is -1.25. The maximum Gasteiger partial charge on any atom is 0.271 e. The second-order valence-corrected chi connectivity index (χ2v) is 8.87. The van der Waals surface area contributed by atoms with Gasteiger partial charge in [0.05, 0.1) is 35.9 Å². The summed E-state index contributed by atoms with van der Waals surface area (Å²) in [6, 6.07) is 17.5. The minimum Gasteiger partial charge on any atom is -0.497 e. The van der Waals surface area contributed by atoms with Gasteiger partial charge in [-0.2, -0.15) is 5.10 Å². The molecule has 35 heavy (non-hydrogen) atoms. The fourth-order valence-electron chi connectivity index (χ4n) is 3.08. The van der Waals surface area contributed by atoms with E-state index in [0.29, 0.717) is 17.1 Å². The van der Waals surface area contributed by atoms with Crippen molar-refractivity contribution in [3.63, 3.8) is 0 Å². The summed E-state index contributed by atoms with van der Waals surface area (Å²) in [5.41, 5.74) is 2.42. The number of hydrazone groups is 1. The van der Waals surface area contributed by atoms with Crippen molar-refractivity contribution in [3.8, 4) is 11.5 Å². The molecule has 0 bridgehead atoms. The van der Waals surface area contributed by atoms with Crippen LogP contribution >= 0.6 is 0 Å². The number of non-ortho nitro benzene ring substituents is 1. The Hall–Kier alpha value is -4.45. The van der Waals surface area contributed by atoms with E-state index < -0.39 is 27.4 Å². The molecule has 0 unspecified atom stereocenters. The maximum absolute atomic E-state index is 13.3. The van der Waals surface area contributed by atoms with Gasteiger partial charge in [-0.1, -0.05) is 24.3 Å². The molecule has 0 radical (unpaired) electrons. The molecule has 3 aromatic rings. The first-order chi connectivity index (χ1) is 16.8. The van der Waals surface area contributed by atoms with Gasteiger partial charge < -0.3 is 9.47 Å². The van der Waals surface area contributed by atoms with E-state index in [1.807, 2.05) is 0 Å². The number of benzene rings is 3. The van der Waals surface area contributed by atoms with Crippen molar-refractivity contribution in [1.82, 2.24) is 5.43 Å². The molecular weight excluding hydrogens is 476 g/mol. The topological polar surface area (TPSA) is 140 Å². The number of hydrogen-bond acceptors (Lipinski definition) is 8. The maximum atomic E-state index is 13.3. The Morgan fingerprint density at radius 1 is 1.06 bits per heavy atom. The van der Waals surface area contributed by atoms with Crippen LogP contribution in [-0.2, 0) is 14.8 Å². The average molecular weight is 499 g/mol. The Kier molecular flexibility index (Phi) is 8.00. The standard InChI is InChI=1S/C23H22N4O7S/c1-33-20-11-12-22(34-2)17(13-20)15-24-25-23(28)16-26(18-7-6-8-19(14-18)27(29)30)35(31,32)21-9-4-3-5-10-21/h3-15H,16H2,1-2H3,(H,25,28)/b24-15-. The molecule has 11 nitrogen and oxygen atoms in total. The molecule has 0 atom stereocenters. The highest BCUT2D eigenvalue weighted by atomic mass is 32.2. The van der Waals surface area contributed by atoms with E-state index in [0.717, 1.165) is 10.4 Å². The number of anilines is 1. The van der Waals surface area contributed by atoms with Crippen molar-refractivity contribution in [2.45, 2.75) is 4.90 Å². The Morgan fingerprint density at radius 3 is 2.46 bits per heavy atom.